The molecule has 1 aliphatic rings. The molecule has 13 heavy (non-hydrogen) atoms. The fourth-order valence-electron chi connectivity index (χ4n) is 1.63. The Hall–Kier alpha value is -0.320. The lowest BCUT2D eigenvalue weighted by molar-refractivity contribution is 0.258. The van der Waals surface area contributed by atoms with Crippen LogP contribution in [0.25, 0.3) is 0 Å². The van der Waals surface area contributed by atoms with Crippen LogP contribution in [-0.4, -0.2) is 22.0 Å². The first-order valence-electron chi connectivity index (χ1n) is 3.97. The van der Waals surface area contributed by atoms with Gasteiger partial charge in [0, 0.05) is 5.92 Å². The van der Waals surface area contributed by atoms with E-state index >= 15 is 0 Å². The van der Waals surface area contributed by atoms with E-state index in [-0.39, 0.29) is 24.8 Å². The van der Waals surface area contributed by atoms with Crippen LogP contribution in [0, 0.1) is 5.92 Å². The molecule has 2 rings (SSSR count). The van der Waals surface area contributed by atoms with Crippen molar-refractivity contribution in [3.05, 3.63) is 11.9 Å². The van der Waals surface area contributed by atoms with Crippen LogP contribution in [-0.2, 0) is 0 Å². The van der Waals surface area contributed by atoms with Crippen molar-refractivity contribution in [2.75, 3.05) is 6.54 Å². The summed E-state index contributed by atoms with van der Waals surface area (Å²) in [6.07, 6.45) is 4.26. The molecular formula is C7H14Cl2N4. The van der Waals surface area contributed by atoms with Crippen molar-refractivity contribution in [3.8, 4) is 0 Å². The van der Waals surface area contributed by atoms with Crippen LogP contribution >= 0.6 is 24.8 Å². The summed E-state index contributed by atoms with van der Waals surface area (Å²) >= 11 is 0. The molecule has 1 aliphatic carbocycles. The van der Waals surface area contributed by atoms with Gasteiger partial charge in [0.15, 0.2) is 0 Å². The number of rotatable bonds is 2. The van der Waals surface area contributed by atoms with E-state index in [1.165, 1.54) is 12.8 Å². The van der Waals surface area contributed by atoms with E-state index in [9.17, 15) is 0 Å². The summed E-state index contributed by atoms with van der Waals surface area (Å²) in [5.41, 5.74) is 6.65. The molecule has 1 aromatic heterocycles. The molecule has 0 radical (unpaired) electrons. The average molecular weight is 225 g/mol. The van der Waals surface area contributed by atoms with Crippen LogP contribution in [0.3, 0.4) is 0 Å². The third-order valence-corrected chi connectivity index (χ3v) is 2.53. The van der Waals surface area contributed by atoms with Gasteiger partial charge in [-0.3, -0.25) is 0 Å². The van der Waals surface area contributed by atoms with Crippen LogP contribution in [0.5, 0.6) is 0 Å². The number of nitrogens with one attached hydrogen (secondary N) is 1. The number of aromatic nitrogens is 3. The number of halogens is 2. The van der Waals surface area contributed by atoms with Crippen LogP contribution in [0.2, 0.25) is 0 Å². The second kappa shape index (κ2) is 5.42. The molecule has 1 fully saturated rings. The quantitative estimate of drug-likeness (QED) is 0.791. The van der Waals surface area contributed by atoms with Gasteiger partial charge in [0.25, 0.3) is 0 Å². The second-order valence-electron chi connectivity index (χ2n) is 3.07. The summed E-state index contributed by atoms with van der Waals surface area (Å²) in [5, 5.41) is 10.4. The molecule has 0 aromatic carbocycles. The molecule has 3 N–H and O–H groups in total. The van der Waals surface area contributed by atoms with Crippen LogP contribution in [0.4, 0.5) is 0 Å². The largest absolute Gasteiger partial charge is 0.330 e. The molecule has 1 saturated carbocycles. The molecule has 0 unspecified atom stereocenters. The van der Waals surface area contributed by atoms with E-state index < -0.39 is 0 Å². The third kappa shape index (κ3) is 2.33. The fraction of sp³-hybridized carbons (Fsp3) is 0.714. The maximum absolute atomic E-state index is 5.57. The SMILES string of the molecule is Cl.Cl.NC[C@@H]1CC[C@H]1c1cn[nH]n1. The number of nitrogens with two attached hydrogens (primary N) is 1. The van der Waals surface area contributed by atoms with Crippen molar-refractivity contribution in [3.63, 3.8) is 0 Å². The van der Waals surface area contributed by atoms with Crippen molar-refractivity contribution in [1.82, 2.24) is 15.4 Å². The van der Waals surface area contributed by atoms with Crippen molar-refractivity contribution in [1.29, 1.82) is 0 Å². The second-order valence-corrected chi connectivity index (χ2v) is 3.07. The smallest absolute Gasteiger partial charge is 0.0858 e. The maximum Gasteiger partial charge on any atom is 0.0858 e. The Kier molecular flexibility index (Phi) is 5.29. The van der Waals surface area contributed by atoms with Gasteiger partial charge in [0.05, 0.1) is 11.9 Å². The summed E-state index contributed by atoms with van der Waals surface area (Å²) in [7, 11) is 0. The minimum atomic E-state index is 0. The van der Waals surface area contributed by atoms with Gasteiger partial charge in [-0.2, -0.15) is 15.4 Å². The first-order chi connectivity index (χ1) is 5.42. The molecular weight excluding hydrogens is 211 g/mol. The first kappa shape index (κ1) is 12.7. The average Bonchev–Trinajstić information content (AvgIpc) is 2.39. The molecule has 0 aliphatic heterocycles. The number of aromatic amines is 1. The van der Waals surface area contributed by atoms with Gasteiger partial charge in [-0.25, -0.2) is 0 Å². The zero-order valence-corrected chi connectivity index (χ0v) is 8.77. The van der Waals surface area contributed by atoms with Gasteiger partial charge >= 0.3 is 0 Å². The lowest BCUT2D eigenvalue weighted by atomic mass is 9.72. The highest BCUT2D eigenvalue weighted by molar-refractivity contribution is 5.85. The molecule has 0 saturated heterocycles. The van der Waals surface area contributed by atoms with Crippen LogP contribution in [0.15, 0.2) is 6.20 Å². The normalized spacial score (nSPS) is 25.3. The zero-order valence-electron chi connectivity index (χ0n) is 7.14. The first-order valence-corrected chi connectivity index (χ1v) is 3.97. The maximum atomic E-state index is 5.57. The fourth-order valence-corrected chi connectivity index (χ4v) is 1.63. The molecule has 0 amide bonds. The van der Waals surface area contributed by atoms with Crippen LogP contribution in [0.1, 0.15) is 24.5 Å². The van der Waals surface area contributed by atoms with E-state index in [4.69, 9.17) is 5.73 Å². The summed E-state index contributed by atoms with van der Waals surface area (Å²) < 4.78 is 0. The monoisotopic (exact) mass is 224 g/mol. The molecule has 2 atom stereocenters. The van der Waals surface area contributed by atoms with Gasteiger partial charge in [-0.15, -0.1) is 24.8 Å². The molecule has 0 spiro atoms. The van der Waals surface area contributed by atoms with E-state index in [1.54, 1.807) is 6.20 Å². The summed E-state index contributed by atoms with van der Waals surface area (Å²) in [5.74, 6) is 1.21. The minimum Gasteiger partial charge on any atom is -0.330 e. The van der Waals surface area contributed by atoms with E-state index in [0.29, 0.717) is 11.8 Å². The highest BCUT2D eigenvalue weighted by Crippen LogP contribution is 2.40. The van der Waals surface area contributed by atoms with Gasteiger partial charge in [0.2, 0.25) is 0 Å². The van der Waals surface area contributed by atoms with Gasteiger partial charge < -0.3 is 5.73 Å². The van der Waals surface area contributed by atoms with Crippen molar-refractivity contribution in [2.45, 2.75) is 18.8 Å². The summed E-state index contributed by atoms with van der Waals surface area (Å²) in [6.45, 7) is 0.775. The van der Waals surface area contributed by atoms with E-state index in [1.807, 2.05) is 0 Å². The zero-order chi connectivity index (χ0) is 7.68. The molecule has 4 nitrogen and oxygen atoms in total. The lowest BCUT2D eigenvalue weighted by Gasteiger charge is -2.33. The standard InChI is InChI=1S/C7H12N4.2ClH/c8-3-5-1-2-6(5)7-4-9-11-10-7;;/h4-6H,1-3,8H2,(H,9,10,11);2*1H/t5-,6+;;/m0../s1. The number of H-pyrrole nitrogens is 1. The van der Waals surface area contributed by atoms with Crippen LogP contribution < -0.4 is 5.73 Å². The molecule has 0 bridgehead atoms. The Morgan fingerprint density at radius 2 is 2.23 bits per heavy atom. The van der Waals surface area contributed by atoms with Crippen molar-refractivity contribution < 1.29 is 0 Å². The summed E-state index contributed by atoms with van der Waals surface area (Å²) in [4.78, 5) is 0. The van der Waals surface area contributed by atoms with Crippen molar-refractivity contribution >= 4 is 24.8 Å². The number of hydrogen-bond acceptors (Lipinski definition) is 3. The number of nitrogens with zero attached hydrogens (tertiary/aromatic N) is 2. The Morgan fingerprint density at radius 1 is 1.46 bits per heavy atom. The molecule has 1 heterocycles. The Balaban J connectivity index is 0.000000720. The topological polar surface area (TPSA) is 67.6 Å². The van der Waals surface area contributed by atoms with E-state index in [0.717, 1.165) is 12.2 Å². The van der Waals surface area contributed by atoms with Crippen molar-refractivity contribution in [2.24, 2.45) is 11.7 Å². The Morgan fingerprint density at radius 3 is 2.62 bits per heavy atom. The Bertz CT molecular complexity index is 224. The molecule has 76 valence electrons. The predicted molar refractivity (Wildman–Crippen MR) is 55.4 cm³/mol. The lowest BCUT2D eigenvalue weighted by Crippen LogP contribution is -2.30. The minimum absolute atomic E-state index is 0. The third-order valence-electron chi connectivity index (χ3n) is 2.53. The van der Waals surface area contributed by atoms with E-state index in [2.05, 4.69) is 15.4 Å². The highest BCUT2D eigenvalue weighted by Gasteiger charge is 2.32. The number of hydrogen-bond donors (Lipinski definition) is 2. The summed E-state index contributed by atoms with van der Waals surface area (Å²) in [6, 6.07) is 0. The highest BCUT2D eigenvalue weighted by atomic mass is 35.5. The molecule has 6 heteroatoms. The predicted octanol–water partition coefficient (Wildman–Crippen LogP) is 1.10. The Labute approximate surface area is 89.5 Å². The van der Waals surface area contributed by atoms with Gasteiger partial charge in [-0.05, 0) is 25.3 Å². The van der Waals surface area contributed by atoms with Gasteiger partial charge in [-0.1, -0.05) is 0 Å². The molecule has 1 aromatic rings. The van der Waals surface area contributed by atoms with Gasteiger partial charge in [0.1, 0.15) is 0 Å².